The van der Waals surface area contributed by atoms with E-state index in [1.165, 1.54) is 0 Å². The summed E-state index contributed by atoms with van der Waals surface area (Å²) < 4.78 is 16.4. The fraction of sp³-hybridized carbons (Fsp3) is 0.417. The topological polar surface area (TPSA) is 77.1 Å². The number of benzene rings is 2. The predicted octanol–water partition coefficient (Wildman–Crippen LogP) is 4.41. The van der Waals surface area contributed by atoms with Gasteiger partial charge in [-0.2, -0.15) is 0 Å². The summed E-state index contributed by atoms with van der Waals surface area (Å²) >= 11 is 6.02. The standard InChI is InChI=1S/C24H27ClN2O5/c1-16-13-19(5-6-20(16)25)30-12-2-3-23(28)27-10-8-17(9-11-27)24(29)26-18-4-7-21-22(14-18)32-15-31-21/h4-7,13-14,17H,2-3,8-12,15H2,1H3,(H,26,29). The highest BCUT2D eigenvalue weighted by Crippen LogP contribution is 2.34. The predicted molar refractivity (Wildman–Crippen MR) is 121 cm³/mol. The minimum Gasteiger partial charge on any atom is -0.494 e. The van der Waals surface area contributed by atoms with Gasteiger partial charge in [-0.15, -0.1) is 0 Å². The fourth-order valence-electron chi connectivity index (χ4n) is 3.89. The van der Waals surface area contributed by atoms with E-state index in [9.17, 15) is 9.59 Å². The van der Waals surface area contributed by atoms with Gasteiger partial charge in [0.2, 0.25) is 18.6 Å². The van der Waals surface area contributed by atoms with E-state index in [0.29, 0.717) is 67.6 Å². The van der Waals surface area contributed by atoms with E-state index in [4.69, 9.17) is 25.8 Å². The van der Waals surface area contributed by atoms with Gasteiger partial charge in [0.1, 0.15) is 5.75 Å². The molecule has 1 N–H and O–H groups in total. The van der Waals surface area contributed by atoms with Crippen LogP contribution in [0.3, 0.4) is 0 Å². The molecule has 0 radical (unpaired) electrons. The number of amides is 2. The number of hydrogen-bond donors (Lipinski definition) is 1. The highest BCUT2D eigenvalue weighted by molar-refractivity contribution is 6.31. The van der Waals surface area contributed by atoms with Crippen molar-refractivity contribution in [2.45, 2.75) is 32.6 Å². The zero-order chi connectivity index (χ0) is 22.5. The quantitative estimate of drug-likeness (QED) is 0.622. The molecule has 0 atom stereocenters. The molecule has 0 aliphatic carbocycles. The Bertz CT molecular complexity index is 988. The molecule has 0 unspecified atom stereocenters. The van der Waals surface area contributed by atoms with E-state index in [1.54, 1.807) is 18.2 Å². The Kier molecular flexibility index (Phi) is 7.05. The molecular weight excluding hydrogens is 432 g/mol. The monoisotopic (exact) mass is 458 g/mol. The molecule has 4 rings (SSSR count). The Labute approximate surface area is 192 Å². The van der Waals surface area contributed by atoms with Crippen molar-refractivity contribution in [2.75, 3.05) is 31.8 Å². The summed E-state index contributed by atoms with van der Waals surface area (Å²) in [4.78, 5) is 27.0. The van der Waals surface area contributed by atoms with Gasteiger partial charge in [-0.3, -0.25) is 9.59 Å². The third-order valence-electron chi connectivity index (χ3n) is 5.79. The van der Waals surface area contributed by atoms with Crippen LogP contribution in [0.4, 0.5) is 5.69 Å². The number of hydrogen-bond acceptors (Lipinski definition) is 5. The number of carbonyl (C=O) groups excluding carboxylic acids is 2. The zero-order valence-corrected chi connectivity index (χ0v) is 18.8. The first-order chi connectivity index (χ1) is 15.5. The molecule has 1 fully saturated rings. The maximum Gasteiger partial charge on any atom is 0.231 e. The second-order valence-electron chi connectivity index (χ2n) is 8.08. The van der Waals surface area contributed by atoms with E-state index in [1.807, 2.05) is 30.0 Å². The summed E-state index contributed by atoms with van der Waals surface area (Å²) in [5.41, 5.74) is 1.65. The highest BCUT2D eigenvalue weighted by Gasteiger charge is 2.27. The van der Waals surface area contributed by atoms with Gasteiger partial charge in [0.25, 0.3) is 0 Å². The number of fused-ring (bicyclic) bond motifs is 1. The molecule has 2 aromatic carbocycles. The molecule has 32 heavy (non-hydrogen) atoms. The lowest BCUT2D eigenvalue weighted by Crippen LogP contribution is -2.41. The third-order valence-corrected chi connectivity index (χ3v) is 6.22. The van der Waals surface area contributed by atoms with Crippen LogP contribution in [0.1, 0.15) is 31.2 Å². The summed E-state index contributed by atoms with van der Waals surface area (Å²) in [6.07, 6.45) is 2.39. The van der Waals surface area contributed by atoms with Crippen LogP contribution in [0, 0.1) is 12.8 Å². The number of rotatable bonds is 7. The van der Waals surface area contributed by atoms with Crippen molar-refractivity contribution in [1.82, 2.24) is 4.90 Å². The van der Waals surface area contributed by atoms with Crippen LogP contribution in [0.15, 0.2) is 36.4 Å². The van der Waals surface area contributed by atoms with Crippen molar-refractivity contribution in [3.8, 4) is 17.2 Å². The van der Waals surface area contributed by atoms with Crippen LogP contribution in [-0.2, 0) is 9.59 Å². The molecule has 2 heterocycles. The average Bonchev–Trinajstić information content (AvgIpc) is 3.27. The van der Waals surface area contributed by atoms with Crippen LogP contribution in [0.5, 0.6) is 17.2 Å². The molecule has 170 valence electrons. The molecular formula is C24H27ClN2O5. The van der Waals surface area contributed by atoms with Gasteiger partial charge < -0.3 is 24.4 Å². The number of likely N-dealkylation sites (tertiary alicyclic amines) is 1. The summed E-state index contributed by atoms with van der Waals surface area (Å²) in [5.74, 6) is 2.05. The highest BCUT2D eigenvalue weighted by atomic mass is 35.5. The van der Waals surface area contributed by atoms with Crippen LogP contribution >= 0.6 is 11.6 Å². The first kappa shape index (κ1) is 22.3. The SMILES string of the molecule is Cc1cc(OCCCC(=O)N2CCC(C(=O)Nc3ccc4c(c3)OCO4)CC2)ccc1Cl. The number of anilines is 1. The molecule has 2 aromatic rings. The van der Waals surface area contributed by atoms with Crippen molar-refractivity contribution < 1.29 is 23.8 Å². The van der Waals surface area contributed by atoms with Gasteiger partial charge in [0, 0.05) is 42.2 Å². The molecule has 8 heteroatoms. The van der Waals surface area contributed by atoms with E-state index < -0.39 is 0 Å². The van der Waals surface area contributed by atoms with Gasteiger partial charge in [0.15, 0.2) is 11.5 Å². The van der Waals surface area contributed by atoms with Crippen molar-refractivity contribution >= 4 is 29.1 Å². The van der Waals surface area contributed by atoms with E-state index in [0.717, 1.165) is 11.3 Å². The zero-order valence-electron chi connectivity index (χ0n) is 18.1. The Morgan fingerprint density at radius 2 is 1.91 bits per heavy atom. The molecule has 2 aliphatic rings. The first-order valence-electron chi connectivity index (χ1n) is 10.9. The smallest absolute Gasteiger partial charge is 0.231 e. The lowest BCUT2D eigenvalue weighted by Gasteiger charge is -2.31. The molecule has 1 saturated heterocycles. The van der Waals surface area contributed by atoms with Crippen LogP contribution in [-0.4, -0.2) is 43.2 Å². The van der Waals surface area contributed by atoms with Crippen LogP contribution < -0.4 is 19.5 Å². The lowest BCUT2D eigenvalue weighted by molar-refractivity contribution is -0.134. The molecule has 0 bridgehead atoms. The van der Waals surface area contributed by atoms with Crippen LogP contribution in [0.25, 0.3) is 0 Å². The Morgan fingerprint density at radius 1 is 1.12 bits per heavy atom. The van der Waals surface area contributed by atoms with Crippen molar-refractivity contribution in [1.29, 1.82) is 0 Å². The number of nitrogens with zero attached hydrogens (tertiary/aromatic N) is 1. The average molecular weight is 459 g/mol. The summed E-state index contributed by atoms with van der Waals surface area (Å²) in [5, 5.41) is 3.66. The second-order valence-corrected chi connectivity index (χ2v) is 8.48. The van der Waals surface area contributed by atoms with E-state index in [-0.39, 0.29) is 24.5 Å². The van der Waals surface area contributed by atoms with Gasteiger partial charge in [-0.1, -0.05) is 11.6 Å². The van der Waals surface area contributed by atoms with Gasteiger partial charge in [0.05, 0.1) is 6.61 Å². The van der Waals surface area contributed by atoms with E-state index in [2.05, 4.69) is 5.32 Å². The Morgan fingerprint density at radius 3 is 2.69 bits per heavy atom. The summed E-state index contributed by atoms with van der Waals surface area (Å²) in [6, 6.07) is 10.9. The molecule has 0 saturated carbocycles. The first-order valence-corrected chi connectivity index (χ1v) is 11.2. The minimum atomic E-state index is -0.110. The number of nitrogens with one attached hydrogen (secondary N) is 1. The van der Waals surface area contributed by atoms with Gasteiger partial charge in [-0.05, 0) is 62.1 Å². The summed E-state index contributed by atoms with van der Waals surface area (Å²) in [6.45, 7) is 3.79. The molecule has 2 amide bonds. The largest absolute Gasteiger partial charge is 0.494 e. The second kappa shape index (κ2) is 10.1. The number of piperidine rings is 1. The number of ether oxygens (including phenoxy) is 3. The molecule has 7 nitrogen and oxygen atoms in total. The fourth-order valence-corrected chi connectivity index (χ4v) is 4.01. The summed E-state index contributed by atoms with van der Waals surface area (Å²) in [7, 11) is 0. The van der Waals surface area contributed by atoms with Crippen molar-refractivity contribution in [3.05, 3.63) is 47.0 Å². The van der Waals surface area contributed by atoms with E-state index >= 15 is 0 Å². The maximum absolute atomic E-state index is 12.6. The molecule has 0 spiro atoms. The van der Waals surface area contributed by atoms with Crippen molar-refractivity contribution in [3.63, 3.8) is 0 Å². The number of carbonyl (C=O) groups is 2. The van der Waals surface area contributed by atoms with Crippen molar-refractivity contribution in [2.24, 2.45) is 5.92 Å². The molecule has 2 aliphatic heterocycles. The number of aryl methyl sites for hydroxylation is 1. The number of halogens is 1. The minimum absolute atomic E-state index is 0.0253. The van der Waals surface area contributed by atoms with Gasteiger partial charge in [-0.25, -0.2) is 0 Å². The van der Waals surface area contributed by atoms with Crippen LogP contribution in [0.2, 0.25) is 5.02 Å². The maximum atomic E-state index is 12.6. The molecule has 0 aromatic heterocycles. The third kappa shape index (κ3) is 5.46. The normalized spacial score (nSPS) is 15.5. The Hall–Kier alpha value is -2.93. The lowest BCUT2D eigenvalue weighted by atomic mass is 9.95. The van der Waals surface area contributed by atoms with Gasteiger partial charge >= 0.3 is 0 Å². The Balaban J connectivity index is 1.16.